The Balaban J connectivity index is 1.36. The van der Waals surface area contributed by atoms with Crippen LogP contribution in [-0.2, 0) is 20.9 Å². The molecule has 146 valence electrons. The molecule has 6 heteroatoms. The van der Waals surface area contributed by atoms with Crippen LogP contribution in [0.4, 0.5) is 0 Å². The summed E-state index contributed by atoms with van der Waals surface area (Å²) in [5.41, 5.74) is 1.07. The minimum Gasteiger partial charge on any atom is -0.354 e. The van der Waals surface area contributed by atoms with Gasteiger partial charge in [0.2, 0.25) is 17.7 Å². The molecule has 2 fully saturated rings. The minimum atomic E-state index is -0.310. The summed E-state index contributed by atoms with van der Waals surface area (Å²) in [6.07, 6.45) is 5.68. The second-order valence-electron chi connectivity index (χ2n) is 7.58. The molecule has 0 aromatic heterocycles. The van der Waals surface area contributed by atoms with Crippen LogP contribution in [-0.4, -0.2) is 42.3 Å². The molecule has 0 unspecified atom stereocenters. The highest BCUT2D eigenvalue weighted by atomic mass is 16.2. The first kappa shape index (κ1) is 19.4. The molecule has 1 aromatic rings. The van der Waals surface area contributed by atoms with E-state index in [2.05, 4.69) is 10.6 Å². The van der Waals surface area contributed by atoms with Gasteiger partial charge in [-0.2, -0.15) is 0 Å². The van der Waals surface area contributed by atoms with Crippen LogP contribution >= 0.6 is 0 Å². The molecule has 1 aliphatic heterocycles. The molecule has 2 N–H and O–H groups in total. The van der Waals surface area contributed by atoms with E-state index >= 15 is 0 Å². The van der Waals surface area contributed by atoms with E-state index in [1.165, 1.54) is 6.42 Å². The number of carbonyl (C=O) groups excluding carboxylic acids is 3. The standard InChI is InChI=1S/C21H29N3O3/c25-19-13-18(15-24(19)14-16-7-3-1-4-8-16)21(27)23-12-11-22-20(26)17-9-5-2-6-10-17/h1,3-4,7-8,17-18H,2,5-6,9-15H2,(H,22,26)(H,23,27)/t18-/m1/s1. The summed E-state index contributed by atoms with van der Waals surface area (Å²) >= 11 is 0. The molecule has 1 atom stereocenters. The van der Waals surface area contributed by atoms with Crippen molar-refractivity contribution in [3.05, 3.63) is 35.9 Å². The van der Waals surface area contributed by atoms with E-state index in [0.717, 1.165) is 31.2 Å². The molecule has 6 nitrogen and oxygen atoms in total. The fraction of sp³-hybridized carbons (Fsp3) is 0.571. The number of rotatable bonds is 7. The summed E-state index contributed by atoms with van der Waals surface area (Å²) in [7, 11) is 0. The average Bonchev–Trinajstić information content (AvgIpc) is 3.07. The first-order valence-electron chi connectivity index (χ1n) is 10.0. The van der Waals surface area contributed by atoms with Gasteiger partial charge in [0, 0.05) is 38.5 Å². The lowest BCUT2D eigenvalue weighted by atomic mass is 9.89. The fourth-order valence-electron chi connectivity index (χ4n) is 3.93. The van der Waals surface area contributed by atoms with Crippen LogP contribution in [0.1, 0.15) is 44.1 Å². The molecule has 1 saturated carbocycles. The van der Waals surface area contributed by atoms with E-state index in [1.54, 1.807) is 4.90 Å². The van der Waals surface area contributed by atoms with Gasteiger partial charge in [-0.1, -0.05) is 49.6 Å². The van der Waals surface area contributed by atoms with Gasteiger partial charge in [0.1, 0.15) is 0 Å². The molecule has 0 bridgehead atoms. The third-order valence-electron chi connectivity index (χ3n) is 5.50. The van der Waals surface area contributed by atoms with Crippen molar-refractivity contribution in [2.45, 2.75) is 45.1 Å². The van der Waals surface area contributed by atoms with Crippen molar-refractivity contribution in [3.8, 4) is 0 Å². The summed E-state index contributed by atoms with van der Waals surface area (Å²) in [6.45, 7) is 1.84. The Morgan fingerprint density at radius 2 is 1.56 bits per heavy atom. The van der Waals surface area contributed by atoms with Crippen molar-refractivity contribution in [1.29, 1.82) is 0 Å². The lowest BCUT2D eigenvalue weighted by Gasteiger charge is -2.21. The van der Waals surface area contributed by atoms with Gasteiger partial charge in [-0.15, -0.1) is 0 Å². The Kier molecular flexibility index (Phi) is 6.85. The van der Waals surface area contributed by atoms with Gasteiger partial charge in [0.25, 0.3) is 0 Å². The number of likely N-dealkylation sites (tertiary alicyclic amines) is 1. The second kappa shape index (κ2) is 9.53. The topological polar surface area (TPSA) is 78.5 Å². The zero-order valence-electron chi connectivity index (χ0n) is 15.8. The van der Waals surface area contributed by atoms with Crippen LogP contribution in [0.25, 0.3) is 0 Å². The SMILES string of the molecule is O=C(NCCNC(=O)[C@@H]1CC(=O)N(Cc2ccccc2)C1)C1CCCCC1. The number of hydrogen-bond acceptors (Lipinski definition) is 3. The molecule has 0 spiro atoms. The van der Waals surface area contributed by atoms with Crippen molar-refractivity contribution in [2.24, 2.45) is 11.8 Å². The molecule has 27 heavy (non-hydrogen) atoms. The summed E-state index contributed by atoms with van der Waals surface area (Å²) in [5.74, 6) is -0.159. The van der Waals surface area contributed by atoms with Crippen LogP contribution in [0.5, 0.6) is 0 Å². The number of hydrogen-bond donors (Lipinski definition) is 2. The maximum Gasteiger partial charge on any atom is 0.225 e. The monoisotopic (exact) mass is 371 g/mol. The van der Waals surface area contributed by atoms with E-state index in [-0.39, 0.29) is 36.0 Å². The van der Waals surface area contributed by atoms with E-state index < -0.39 is 0 Å². The van der Waals surface area contributed by atoms with E-state index in [9.17, 15) is 14.4 Å². The predicted molar refractivity (Wildman–Crippen MR) is 103 cm³/mol. The molecule has 1 heterocycles. The highest BCUT2D eigenvalue weighted by Crippen LogP contribution is 2.23. The molecule has 0 radical (unpaired) electrons. The molecule has 1 saturated heterocycles. The Hall–Kier alpha value is -2.37. The first-order chi connectivity index (χ1) is 13.1. The molecule has 1 aliphatic carbocycles. The number of nitrogens with zero attached hydrogens (tertiary/aromatic N) is 1. The van der Waals surface area contributed by atoms with Crippen molar-refractivity contribution in [2.75, 3.05) is 19.6 Å². The van der Waals surface area contributed by atoms with Gasteiger partial charge in [-0.3, -0.25) is 14.4 Å². The van der Waals surface area contributed by atoms with Gasteiger partial charge in [0.15, 0.2) is 0 Å². The van der Waals surface area contributed by atoms with Crippen LogP contribution in [0.3, 0.4) is 0 Å². The van der Waals surface area contributed by atoms with E-state index in [4.69, 9.17) is 0 Å². The maximum atomic E-state index is 12.3. The lowest BCUT2D eigenvalue weighted by Crippen LogP contribution is -2.40. The quantitative estimate of drug-likeness (QED) is 0.718. The Bertz CT molecular complexity index is 656. The molecule has 3 amide bonds. The zero-order valence-corrected chi connectivity index (χ0v) is 15.8. The highest BCUT2D eigenvalue weighted by molar-refractivity contribution is 5.89. The minimum absolute atomic E-state index is 0.0182. The largest absolute Gasteiger partial charge is 0.354 e. The van der Waals surface area contributed by atoms with Gasteiger partial charge in [-0.05, 0) is 18.4 Å². The Morgan fingerprint density at radius 3 is 2.22 bits per heavy atom. The van der Waals surface area contributed by atoms with Gasteiger partial charge in [0.05, 0.1) is 5.92 Å². The highest BCUT2D eigenvalue weighted by Gasteiger charge is 2.34. The van der Waals surface area contributed by atoms with E-state index in [0.29, 0.717) is 26.2 Å². The van der Waals surface area contributed by atoms with Crippen molar-refractivity contribution in [3.63, 3.8) is 0 Å². The number of carbonyl (C=O) groups is 3. The second-order valence-corrected chi connectivity index (χ2v) is 7.58. The lowest BCUT2D eigenvalue weighted by molar-refractivity contribution is -0.129. The normalized spacial score (nSPS) is 20.5. The fourth-order valence-corrected chi connectivity index (χ4v) is 3.93. The van der Waals surface area contributed by atoms with E-state index in [1.807, 2.05) is 30.3 Å². The summed E-state index contributed by atoms with van der Waals surface area (Å²) < 4.78 is 0. The molecule has 1 aromatic carbocycles. The Morgan fingerprint density at radius 1 is 0.926 bits per heavy atom. The summed E-state index contributed by atoms with van der Waals surface area (Å²) in [6, 6.07) is 9.80. The Labute approximate surface area is 160 Å². The third kappa shape index (κ3) is 5.55. The number of amides is 3. The first-order valence-corrected chi connectivity index (χ1v) is 10.0. The molecular formula is C21H29N3O3. The van der Waals surface area contributed by atoms with Crippen molar-refractivity contribution >= 4 is 17.7 Å². The van der Waals surface area contributed by atoms with Gasteiger partial charge < -0.3 is 15.5 Å². The van der Waals surface area contributed by atoms with Crippen molar-refractivity contribution in [1.82, 2.24) is 15.5 Å². The summed E-state index contributed by atoms with van der Waals surface area (Å²) in [4.78, 5) is 38.3. The van der Waals surface area contributed by atoms with Crippen LogP contribution in [0.2, 0.25) is 0 Å². The maximum absolute atomic E-state index is 12.3. The summed E-state index contributed by atoms with van der Waals surface area (Å²) in [5, 5.41) is 5.77. The zero-order chi connectivity index (χ0) is 19.1. The molecule has 2 aliphatic rings. The number of benzene rings is 1. The predicted octanol–water partition coefficient (Wildman–Crippen LogP) is 1.85. The average molecular weight is 371 g/mol. The molecular weight excluding hydrogens is 342 g/mol. The third-order valence-corrected chi connectivity index (χ3v) is 5.50. The smallest absolute Gasteiger partial charge is 0.225 e. The van der Waals surface area contributed by atoms with Gasteiger partial charge in [-0.25, -0.2) is 0 Å². The number of nitrogens with one attached hydrogen (secondary N) is 2. The van der Waals surface area contributed by atoms with Gasteiger partial charge >= 0.3 is 0 Å². The van der Waals surface area contributed by atoms with Crippen LogP contribution < -0.4 is 10.6 Å². The van der Waals surface area contributed by atoms with Crippen LogP contribution in [0, 0.1) is 11.8 Å². The van der Waals surface area contributed by atoms with Crippen LogP contribution in [0.15, 0.2) is 30.3 Å². The van der Waals surface area contributed by atoms with Crippen molar-refractivity contribution < 1.29 is 14.4 Å². The molecule has 3 rings (SSSR count).